The molecule has 28 heavy (non-hydrogen) atoms. The number of amides is 1. The van der Waals surface area contributed by atoms with Crippen LogP contribution in [-0.4, -0.2) is 40.7 Å². The first-order chi connectivity index (χ1) is 13.4. The van der Waals surface area contributed by atoms with Crippen LogP contribution in [0, 0.1) is 0 Å². The number of rotatable bonds is 3. The van der Waals surface area contributed by atoms with Gasteiger partial charge in [0.2, 0.25) is 5.95 Å². The molecule has 9 nitrogen and oxygen atoms in total. The first kappa shape index (κ1) is 17.7. The van der Waals surface area contributed by atoms with Crippen molar-refractivity contribution in [2.75, 3.05) is 5.32 Å². The fourth-order valence-corrected chi connectivity index (χ4v) is 3.28. The van der Waals surface area contributed by atoms with E-state index in [1.54, 1.807) is 22.8 Å². The van der Waals surface area contributed by atoms with Gasteiger partial charge in [0, 0.05) is 18.5 Å². The number of aryl methyl sites for hydroxylation is 1. The minimum absolute atomic E-state index is 0.0533. The topological polar surface area (TPSA) is 125 Å². The van der Waals surface area contributed by atoms with E-state index in [-0.39, 0.29) is 28.8 Å². The number of anilines is 1. The van der Waals surface area contributed by atoms with Crippen LogP contribution in [0.5, 0.6) is 11.5 Å². The molecule has 2 heterocycles. The molecular weight excluding hydrogens is 386 g/mol. The molecule has 4 N–H and O–H groups in total. The highest BCUT2D eigenvalue weighted by Crippen LogP contribution is 2.36. The monoisotopic (exact) mass is 399 g/mol. The van der Waals surface area contributed by atoms with Gasteiger partial charge in [0.15, 0.2) is 5.82 Å². The van der Waals surface area contributed by atoms with Gasteiger partial charge >= 0.3 is 6.09 Å². The minimum Gasteiger partial charge on any atom is -0.508 e. The van der Waals surface area contributed by atoms with Crippen LogP contribution in [-0.2, 0) is 7.05 Å². The summed E-state index contributed by atoms with van der Waals surface area (Å²) in [5.74, 6) is -0.210. The van der Waals surface area contributed by atoms with Gasteiger partial charge < -0.3 is 19.9 Å². The summed E-state index contributed by atoms with van der Waals surface area (Å²) in [4.78, 5) is 11.2. The van der Waals surface area contributed by atoms with Gasteiger partial charge in [0.1, 0.15) is 16.7 Å². The molecule has 4 aromatic rings. The normalized spacial score (nSPS) is 11.1. The molecule has 0 radical (unpaired) electrons. The number of benzene rings is 2. The van der Waals surface area contributed by atoms with Crippen LogP contribution < -0.4 is 5.32 Å². The van der Waals surface area contributed by atoms with Gasteiger partial charge in [0.05, 0.1) is 16.8 Å². The standard InChI is InChI=1S/C18H14ClN5O4/c1-23-12-3-2-4-13(11(12)8-15(23)19)24-16(21-22-17(24)20-18(27)28)10-6-5-9(25)7-14(10)26/h2-8,25-26H,1H3,(H,20,22)(H,27,28). The van der Waals surface area contributed by atoms with Crippen LogP contribution in [0.3, 0.4) is 0 Å². The van der Waals surface area contributed by atoms with Gasteiger partial charge in [-0.2, -0.15) is 0 Å². The number of halogens is 1. The average Bonchev–Trinajstić information content (AvgIpc) is 3.16. The van der Waals surface area contributed by atoms with E-state index < -0.39 is 6.09 Å². The van der Waals surface area contributed by atoms with Crippen molar-refractivity contribution in [1.82, 2.24) is 19.3 Å². The van der Waals surface area contributed by atoms with Crippen molar-refractivity contribution < 1.29 is 20.1 Å². The first-order valence-corrected chi connectivity index (χ1v) is 8.46. The quantitative estimate of drug-likeness (QED) is 0.417. The van der Waals surface area contributed by atoms with Crippen LogP contribution in [0.2, 0.25) is 5.15 Å². The van der Waals surface area contributed by atoms with E-state index in [1.165, 1.54) is 22.8 Å². The molecule has 0 spiro atoms. The second kappa shape index (κ2) is 6.46. The van der Waals surface area contributed by atoms with Gasteiger partial charge in [-0.25, -0.2) is 4.79 Å². The molecule has 2 aromatic carbocycles. The van der Waals surface area contributed by atoms with Gasteiger partial charge in [0.25, 0.3) is 0 Å². The Labute approximate surface area is 163 Å². The van der Waals surface area contributed by atoms with E-state index in [9.17, 15) is 20.1 Å². The van der Waals surface area contributed by atoms with Crippen molar-refractivity contribution >= 4 is 34.5 Å². The number of hydrogen-bond donors (Lipinski definition) is 4. The molecule has 10 heteroatoms. The number of aromatic hydroxyl groups is 2. The third kappa shape index (κ3) is 2.78. The molecule has 0 saturated carbocycles. The first-order valence-electron chi connectivity index (χ1n) is 8.09. The molecule has 0 aliphatic heterocycles. The number of phenolic OH excluding ortho intramolecular Hbond substituents is 2. The van der Waals surface area contributed by atoms with Crippen LogP contribution in [0.1, 0.15) is 0 Å². The SMILES string of the molecule is Cn1c(Cl)cc2c(-n3c(NC(=O)O)nnc3-c3ccc(O)cc3O)cccc21. The third-order valence-corrected chi connectivity index (χ3v) is 4.71. The number of nitrogens with zero attached hydrogens (tertiary/aromatic N) is 4. The Kier molecular flexibility index (Phi) is 4.08. The summed E-state index contributed by atoms with van der Waals surface area (Å²) >= 11 is 6.25. The minimum atomic E-state index is -1.31. The van der Waals surface area contributed by atoms with E-state index in [0.717, 1.165) is 10.9 Å². The Hall–Kier alpha value is -3.72. The molecule has 0 aliphatic rings. The zero-order chi connectivity index (χ0) is 20.0. The molecule has 4 rings (SSSR count). The van der Waals surface area contributed by atoms with Crippen molar-refractivity contribution in [2.45, 2.75) is 0 Å². The highest BCUT2D eigenvalue weighted by atomic mass is 35.5. The van der Waals surface area contributed by atoms with Crippen LogP contribution in [0.4, 0.5) is 10.7 Å². The van der Waals surface area contributed by atoms with E-state index in [2.05, 4.69) is 15.5 Å². The van der Waals surface area contributed by atoms with Crippen molar-refractivity contribution in [3.05, 3.63) is 47.6 Å². The van der Waals surface area contributed by atoms with E-state index in [1.807, 2.05) is 13.1 Å². The zero-order valence-corrected chi connectivity index (χ0v) is 15.2. The summed E-state index contributed by atoms with van der Waals surface area (Å²) in [6, 6.07) is 11.2. The number of carboxylic acid groups (broad SMARTS) is 1. The second-order valence-corrected chi connectivity index (χ2v) is 6.44. The van der Waals surface area contributed by atoms with Crippen molar-refractivity contribution in [3.63, 3.8) is 0 Å². The summed E-state index contributed by atoms with van der Waals surface area (Å²) in [6.07, 6.45) is -1.31. The van der Waals surface area contributed by atoms with E-state index in [0.29, 0.717) is 10.8 Å². The lowest BCUT2D eigenvalue weighted by Gasteiger charge is -2.12. The van der Waals surface area contributed by atoms with Crippen molar-refractivity contribution in [3.8, 4) is 28.6 Å². The molecule has 142 valence electrons. The summed E-state index contributed by atoms with van der Waals surface area (Å²) in [6.45, 7) is 0. The Morgan fingerprint density at radius 3 is 2.64 bits per heavy atom. The van der Waals surface area contributed by atoms with E-state index in [4.69, 9.17) is 11.6 Å². The van der Waals surface area contributed by atoms with Gasteiger partial charge in [-0.1, -0.05) is 17.7 Å². The molecule has 0 saturated heterocycles. The van der Waals surface area contributed by atoms with Crippen LogP contribution in [0.15, 0.2) is 42.5 Å². The van der Waals surface area contributed by atoms with Gasteiger partial charge in [-0.15, -0.1) is 10.2 Å². The number of phenols is 2. The summed E-state index contributed by atoms with van der Waals surface area (Å²) < 4.78 is 3.26. The summed E-state index contributed by atoms with van der Waals surface area (Å²) in [5.41, 5.74) is 1.65. The maximum Gasteiger partial charge on any atom is 0.411 e. The van der Waals surface area contributed by atoms with Crippen molar-refractivity contribution in [1.29, 1.82) is 0 Å². The molecule has 0 unspecified atom stereocenters. The lowest BCUT2D eigenvalue weighted by atomic mass is 10.1. The largest absolute Gasteiger partial charge is 0.508 e. The molecule has 2 aromatic heterocycles. The van der Waals surface area contributed by atoms with Crippen LogP contribution >= 0.6 is 11.6 Å². The van der Waals surface area contributed by atoms with Crippen LogP contribution in [0.25, 0.3) is 28.0 Å². The smallest absolute Gasteiger partial charge is 0.411 e. The van der Waals surface area contributed by atoms with Gasteiger partial charge in [-0.3, -0.25) is 9.88 Å². The summed E-state index contributed by atoms with van der Waals surface area (Å²) in [5, 5.41) is 40.4. The Bertz CT molecular complexity index is 1230. The molecular formula is C18H14ClN5O4. The molecule has 0 atom stereocenters. The maximum absolute atomic E-state index is 11.2. The predicted octanol–water partition coefficient (Wildman–Crippen LogP) is 3.58. The van der Waals surface area contributed by atoms with Gasteiger partial charge in [-0.05, 0) is 30.3 Å². The number of aromatic nitrogens is 4. The fourth-order valence-electron chi connectivity index (χ4n) is 3.08. The highest BCUT2D eigenvalue weighted by molar-refractivity contribution is 6.31. The predicted molar refractivity (Wildman–Crippen MR) is 103 cm³/mol. The summed E-state index contributed by atoms with van der Waals surface area (Å²) in [7, 11) is 1.81. The fraction of sp³-hybridized carbons (Fsp3) is 0.0556. The molecule has 0 aliphatic carbocycles. The Morgan fingerprint density at radius 2 is 1.93 bits per heavy atom. The zero-order valence-electron chi connectivity index (χ0n) is 14.5. The Morgan fingerprint density at radius 1 is 1.14 bits per heavy atom. The molecule has 1 amide bonds. The number of hydrogen-bond acceptors (Lipinski definition) is 5. The molecule has 0 fully saturated rings. The number of carbonyl (C=O) groups is 1. The second-order valence-electron chi connectivity index (χ2n) is 6.05. The average molecular weight is 400 g/mol. The number of fused-ring (bicyclic) bond motifs is 1. The third-order valence-electron chi connectivity index (χ3n) is 4.35. The lowest BCUT2D eigenvalue weighted by molar-refractivity contribution is 0.209. The Balaban J connectivity index is 2.04. The maximum atomic E-state index is 11.2. The molecule has 0 bridgehead atoms. The van der Waals surface area contributed by atoms with E-state index >= 15 is 0 Å². The highest BCUT2D eigenvalue weighted by Gasteiger charge is 2.22. The number of nitrogens with one attached hydrogen (secondary N) is 1. The lowest BCUT2D eigenvalue weighted by Crippen LogP contribution is -2.13. The van der Waals surface area contributed by atoms with Crippen molar-refractivity contribution in [2.24, 2.45) is 7.05 Å².